The number of aromatic nitrogens is 3. The van der Waals surface area contributed by atoms with Crippen LogP contribution in [0.25, 0.3) is 16.7 Å². The van der Waals surface area contributed by atoms with E-state index in [2.05, 4.69) is 16.8 Å². The maximum atomic E-state index is 11.7. The smallest absolute Gasteiger partial charge is 0.333 e. The van der Waals surface area contributed by atoms with Gasteiger partial charge < -0.3 is 14.6 Å². The highest BCUT2D eigenvalue weighted by Gasteiger charge is 2.23. The molecular formula is C23H27N3O4. The number of aromatic hydroxyl groups is 1. The number of carbonyl (C=O) groups excluding carboxylic acids is 1. The van der Waals surface area contributed by atoms with E-state index in [0.29, 0.717) is 34.5 Å². The number of nitrogens with zero attached hydrogens (tertiary/aromatic N) is 3. The lowest BCUT2D eigenvalue weighted by molar-refractivity contribution is -0.138. The summed E-state index contributed by atoms with van der Waals surface area (Å²) in [7, 11) is 1.59. The minimum Gasteiger partial charge on any atom is -0.505 e. The van der Waals surface area contributed by atoms with Crippen molar-refractivity contribution >= 4 is 17.0 Å². The standard InChI is InChI=1S/C23H27N3O4/c1-14(2)22(28)30-10-9-15-11-17(23(3,4)5)21(27)20(12-15)26-24-18-8-7-16(29-6)13-19(18)25-26/h7-8,11-13,27H,1,9-10H2,2-6H3. The van der Waals surface area contributed by atoms with Gasteiger partial charge in [-0.3, -0.25) is 0 Å². The fourth-order valence-corrected chi connectivity index (χ4v) is 3.06. The molecule has 0 spiro atoms. The molecule has 0 bridgehead atoms. The van der Waals surface area contributed by atoms with Gasteiger partial charge in [0.25, 0.3) is 0 Å². The molecule has 30 heavy (non-hydrogen) atoms. The first-order valence-corrected chi connectivity index (χ1v) is 9.70. The number of methoxy groups -OCH3 is 1. The van der Waals surface area contributed by atoms with Gasteiger partial charge in [0.15, 0.2) is 0 Å². The number of rotatable bonds is 6. The Hall–Kier alpha value is -3.35. The van der Waals surface area contributed by atoms with Gasteiger partial charge in [-0.1, -0.05) is 33.4 Å². The van der Waals surface area contributed by atoms with Crippen LogP contribution in [0.2, 0.25) is 0 Å². The normalized spacial score (nSPS) is 11.5. The maximum absolute atomic E-state index is 11.7. The summed E-state index contributed by atoms with van der Waals surface area (Å²) in [5.74, 6) is 0.388. The van der Waals surface area contributed by atoms with E-state index in [9.17, 15) is 9.90 Å². The van der Waals surface area contributed by atoms with Crippen LogP contribution >= 0.6 is 0 Å². The van der Waals surface area contributed by atoms with Gasteiger partial charge in [-0.25, -0.2) is 4.79 Å². The average Bonchev–Trinajstić information content (AvgIpc) is 3.10. The van der Waals surface area contributed by atoms with E-state index >= 15 is 0 Å². The Morgan fingerprint density at radius 2 is 1.87 bits per heavy atom. The summed E-state index contributed by atoms with van der Waals surface area (Å²) in [6, 6.07) is 9.17. The molecule has 0 saturated heterocycles. The molecule has 0 atom stereocenters. The van der Waals surface area contributed by atoms with E-state index in [1.807, 2.05) is 45.0 Å². The van der Waals surface area contributed by atoms with Crippen molar-refractivity contribution in [2.24, 2.45) is 0 Å². The zero-order valence-electron chi connectivity index (χ0n) is 18.0. The molecule has 2 aromatic carbocycles. The van der Waals surface area contributed by atoms with Gasteiger partial charge in [0.05, 0.1) is 13.7 Å². The average molecular weight is 409 g/mol. The lowest BCUT2D eigenvalue weighted by atomic mass is 9.84. The number of hydrogen-bond donors (Lipinski definition) is 1. The lowest BCUT2D eigenvalue weighted by Gasteiger charge is -2.23. The molecule has 1 heterocycles. The van der Waals surface area contributed by atoms with Crippen LogP contribution < -0.4 is 4.74 Å². The van der Waals surface area contributed by atoms with Crippen molar-refractivity contribution in [2.45, 2.75) is 39.5 Å². The number of phenols is 1. The van der Waals surface area contributed by atoms with Crippen LogP contribution in [-0.2, 0) is 21.4 Å². The molecule has 0 radical (unpaired) electrons. The first-order chi connectivity index (χ1) is 14.1. The van der Waals surface area contributed by atoms with Gasteiger partial charge in [0.2, 0.25) is 0 Å². The summed E-state index contributed by atoms with van der Waals surface area (Å²) in [4.78, 5) is 13.1. The topological polar surface area (TPSA) is 86.5 Å². The molecule has 0 fully saturated rings. The van der Waals surface area contributed by atoms with Crippen LogP contribution in [0.1, 0.15) is 38.8 Å². The second-order valence-electron chi connectivity index (χ2n) is 8.27. The molecule has 3 aromatic rings. The fourth-order valence-electron chi connectivity index (χ4n) is 3.06. The van der Waals surface area contributed by atoms with Crippen LogP contribution in [0.3, 0.4) is 0 Å². The second kappa shape index (κ2) is 8.18. The molecule has 1 N–H and O–H groups in total. The van der Waals surface area contributed by atoms with Gasteiger partial charge in [0, 0.05) is 23.6 Å². The van der Waals surface area contributed by atoms with Gasteiger partial charge in [0.1, 0.15) is 28.2 Å². The van der Waals surface area contributed by atoms with Gasteiger partial charge >= 0.3 is 5.97 Å². The number of ether oxygens (including phenoxy) is 2. The lowest BCUT2D eigenvalue weighted by Crippen LogP contribution is -2.15. The Kier molecular flexibility index (Phi) is 5.82. The third-order valence-corrected chi connectivity index (χ3v) is 4.73. The zero-order valence-corrected chi connectivity index (χ0v) is 18.0. The van der Waals surface area contributed by atoms with Crippen molar-refractivity contribution in [3.63, 3.8) is 0 Å². The summed E-state index contributed by atoms with van der Waals surface area (Å²) in [6.07, 6.45) is 0.490. The number of esters is 1. The van der Waals surface area contributed by atoms with Crippen LogP contribution in [0.4, 0.5) is 0 Å². The highest BCUT2D eigenvalue weighted by molar-refractivity contribution is 5.86. The van der Waals surface area contributed by atoms with E-state index in [1.165, 1.54) is 4.80 Å². The van der Waals surface area contributed by atoms with E-state index in [-0.39, 0.29) is 17.8 Å². The molecular weight excluding hydrogens is 382 g/mol. The largest absolute Gasteiger partial charge is 0.505 e. The maximum Gasteiger partial charge on any atom is 0.333 e. The monoisotopic (exact) mass is 409 g/mol. The number of phenolic OH excluding ortho intramolecular Hbond substituents is 1. The SMILES string of the molecule is C=C(C)C(=O)OCCc1cc(-n2nc3ccc(OC)cc3n2)c(O)c(C(C)(C)C)c1. The van der Waals surface area contributed by atoms with Crippen LogP contribution in [0.15, 0.2) is 42.5 Å². The molecule has 3 rings (SSSR count). The van der Waals surface area contributed by atoms with Gasteiger partial charge in [-0.15, -0.1) is 15.0 Å². The Bertz CT molecular complexity index is 1110. The Morgan fingerprint density at radius 3 is 2.50 bits per heavy atom. The number of benzene rings is 2. The Morgan fingerprint density at radius 1 is 1.17 bits per heavy atom. The van der Waals surface area contributed by atoms with Crippen molar-refractivity contribution in [1.29, 1.82) is 0 Å². The molecule has 0 unspecified atom stereocenters. The first kappa shape index (κ1) is 21.4. The van der Waals surface area contributed by atoms with Crippen molar-refractivity contribution in [2.75, 3.05) is 13.7 Å². The Balaban J connectivity index is 2.02. The highest BCUT2D eigenvalue weighted by Crippen LogP contribution is 2.36. The summed E-state index contributed by atoms with van der Waals surface area (Å²) < 4.78 is 10.5. The molecule has 0 amide bonds. The van der Waals surface area contributed by atoms with E-state index in [4.69, 9.17) is 9.47 Å². The van der Waals surface area contributed by atoms with Gasteiger partial charge in [-0.2, -0.15) is 0 Å². The van der Waals surface area contributed by atoms with Crippen molar-refractivity contribution < 1.29 is 19.4 Å². The summed E-state index contributed by atoms with van der Waals surface area (Å²) in [5, 5.41) is 20.0. The predicted molar refractivity (Wildman–Crippen MR) is 115 cm³/mol. The van der Waals surface area contributed by atoms with E-state index in [1.54, 1.807) is 20.1 Å². The second-order valence-corrected chi connectivity index (χ2v) is 8.27. The summed E-state index contributed by atoms with van der Waals surface area (Å²) in [5.41, 5.74) is 3.54. The van der Waals surface area contributed by atoms with Crippen molar-refractivity contribution in [3.05, 3.63) is 53.6 Å². The van der Waals surface area contributed by atoms with Crippen LogP contribution in [0.5, 0.6) is 11.5 Å². The highest BCUT2D eigenvalue weighted by atomic mass is 16.5. The van der Waals surface area contributed by atoms with Crippen LogP contribution in [-0.4, -0.2) is 39.8 Å². The first-order valence-electron chi connectivity index (χ1n) is 9.70. The Labute approximate surface area is 175 Å². The zero-order chi connectivity index (χ0) is 22.1. The molecule has 0 aliphatic heterocycles. The fraction of sp³-hybridized carbons (Fsp3) is 0.348. The molecule has 0 saturated carbocycles. The van der Waals surface area contributed by atoms with Crippen molar-refractivity contribution in [1.82, 2.24) is 15.0 Å². The van der Waals surface area contributed by atoms with Crippen molar-refractivity contribution in [3.8, 4) is 17.2 Å². The molecule has 7 heteroatoms. The molecule has 158 valence electrons. The minimum absolute atomic E-state index is 0.123. The quantitative estimate of drug-likeness (QED) is 0.487. The van der Waals surface area contributed by atoms with E-state index in [0.717, 1.165) is 11.1 Å². The van der Waals surface area contributed by atoms with Gasteiger partial charge in [-0.05, 0) is 36.1 Å². The van der Waals surface area contributed by atoms with E-state index < -0.39 is 5.97 Å². The molecule has 0 aliphatic rings. The summed E-state index contributed by atoms with van der Waals surface area (Å²) in [6.45, 7) is 11.5. The summed E-state index contributed by atoms with van der Waals surface area (Å²) >= 11 is 0. The van der Waals surface area contributed by atoms with Crippen LogP contribution in [0, 0.1) is 0 Å². The number of fused-ring (bicyclic) bond motifs is 1. The third-order valence-electron chi connectivity index (χ3n) is 4.73. The number of hydrogen-bond acceptors (Lipinski definition) is 6. The predicted octanol–water partition coefficient (Wildman–Crippen LogP) is 4.09. The molecule has 1 aromatic heterocycles. The third kappa shape index (κ3) is 4.45. The number of carbonyl (C=O) groups is 1. The molecule has 0 aliphatic carbocycles. The molecule has 7 nitrogen and oxygen atoms in total. The minimum atomic E-state index is -0.418.